The molecule has 0 bridgehead atoms. The van der Waals surface area contributed by atoms with Crippen LogP contribution >= 0.6 is 11.6 Å². The van der Waals surface area contributed by atoms with Crippen LogP contribution in [-0.2, 0) is 4.74 Å². The predicted molar refractivity (Wildman–Crippen MR) is 121 cm³/mol. The maximum absolute atomic E-state index is 13.1. The summed E-state index contributed by atoms with van der Waals surface area (Å²) in [5.74, 6) is -0.0803. The second kappa shape index (κ2) is 9.56. The van der Waals surface area contributed by atoms with Crippen molar-refractivity contribution in [1.29, 1.82) is 0 Å². The van der Waals surface area contributed by atoms with Crippen LogP contribution in [0.1, 0.15) is 22.3 Å². The Balaban J connectivity index is 1.55. The maximum Gasteiger partial charge on any atom is 0.252 e. The van der Waals surface area contributed by atoms with Crippen LogP contribution in [-0.4, -0.2) is 55.2 Å². The SMILES string of the molecule is Cc1ccc2nc(-c3ccccc3Cl)cc(C(=O)NCCCN3CCOCC3)c2c1. The average Bonchev–Trinajstić information content (AvgIpc) is 2.77. The van der Waals surface area contributed by atoms with Crippen molar-refractivity contribution >= 4 is 28.4 Å². The van der Waals surface area contributed by atoms with Crippen molar-refractivity contribution < 1.29 is 9.53 Å². The van der Waals surface area contributed by atoms with Crippen LogP contribution in [0.2, 0.25) is 5.02 Å². The molecule has 1 N–H and O–H groups in total. The molecule has 4 rings (SSSR count). The van der Waals surface area contributed by atoms with Gasteiger partial charge in [0.2, 0.25) is 0 Å². The van der Waals surface area contributed by atoms with Crippen molar-refractivity contribution in [1.82, 2.24) is 15.2 Å². The number of rotatable bonds is 6. The Labute approximate surface area is 182 Å². The molecule has 1 aromatic heterocycles. The van der Waals surface area contributed by atoms with Gasteiger partial charge in [-0.05, 0) is 44.2 Å². The zero-order chi connectivity index (χ0) is 20.9. The van der Waals surface area contributed by atoms with Crippen LogP contribution in [0.3, 0.4) is 0 Å². The number of pyridine rings is 1. The molecule has 2 heterocycles. The van der Waals surface area contributed by atoms with E-state index in [1.807, 2.05) is 55.5 Å². The summed E-state index contributed by atoms with van der Waals surface area (Å²) in [7, 11) is 0. The molecule has 1 amide bonds. The van der Waals surface area contributed by atoms with E-state index in [4.69, 9.17) is 21.3 Å². The first-order valence-electron chi connectivity index (χ1n) is 10.4. The Kier molecular flexibility index (Phi) is 6.62. The van der Waals surface area contributed by atoms with Crippen LogP contribution in [0.15, 0.2) is 48.5 Å². The first-order valence-corrected chi connectivity index (χ1v) is 10.7. The number of carbonyl (C=O) groups is 1. The number of benzene rings is 2. The number of halogens is 1. The quantitative estimate of drug-likeness (QED) is 0.600. The number of carbonyl (C=O) groups excluding carboxylic acids is 1. The summed E-state index contributed by atoms with van der Waals surface area (Å²) >= 11 is 6.39. The molecule has 1 aliphatic rings. The lowest BCUT2D eigenvalue weighted by molar-refractivity contribution is 0.0374. The number of aryl methyl sites for hydroxylation is 1. The van der Waals surface area contributed by atoms with Gasteiger partial charge in [0.05, 0.1) is 30.0 Å². The van der Waals surface area contributed by atoms with Crippen LogP contribution in [0, 0.1) is 6.92 Å². The number of aromatic nitrogens is 1. The number of hydrogen-bond acceptors (Lipinski definition) is 4. The van der Waals surface area contributed by atoms with Gasteiger partial charge in [-0.25, -0.2) is 4.98 Å². The number of amides is 1. The van der Waals surface area contributed by atoms with Gasteiger partial charge in [0, 0.05) is 35.6 Å². The fraction of sp³-hybridized carbons (Fsp3) is 0.333. The fourth-order valence-corrected chi connectivity index (χ4v) is 3.99. The summed E-state index contributed by atoms with van der Waals surface area (Å²) in [4.78, 5) is 20.2. The molecule has 0 unspecified atom stereocenters. The number of morpholine rings is 1. The molecule has 0 radical (unpaired) electrons. The van der Waals surface area contributed by atoms with Gasteiger partial charge in [0.25, 0.3) is 5.91 Å². The lowest BCUT2D eigenvalue weighted by Gasteiger charge is -2.26. The molecule has 1 fully saturated rings. The largest absolute Gasteiger partial charge is 0.379 e. The van der Waals surface area contributed by atoms with Gasteiger partial charge in [-0.15, -0.1) is 0 Å². The van der Waals surface area contributed by atoms with E-state index in [1.165, 1.54) is 0 Å². The Morgan fingerprint density at radius 1 is 1.17 bits per heavy atom. The molecule has 1 aliphatic heterocycles. The molecule has 6 heteroatoms. The number of nitrogens with one attached hydrogen (secondary N) is 1. The number of fused-ring (bicyclic) bond motifs is 1. The highest BCUT2D eigenvalue weighted by atomic mass is 35.5. The third kappa shape index (κ3) is 4.81. The molecule has 0 aliphatic carbocycles. The normalized spacial score (nSPS) is 14.7. The van der Waals surface area contributed by atoms with Crippen molar-refractivity contribution in [3.05, 3.63) is 64.7 Å². The first kappa shape index (κ1) is 20.8. The minimum atomic E-state index is -0.0803. The Morgan fingerprint density at radius 3 is 2.77 bits per heavy atom. The second-order valence-corrected chi connectivity index (χ2v) is 8.03. The number of nitrogens with zero attached hydrogens (tertiary/aromatic N) is 2. The predicted octanol–water partition coefficient (Wildman–Crippen LogP) is 4.32. The highest BCUT2D eigenvalue weighted by Crippen LogP contribution is 2.30. The Bertz CT molecular complexity index is 1050. The van der Waals surface area contributed by atoms with E-state index in [1.54, 1.807) is 0 Å². The third-order valence-electron chi connectivity index (χ3n) is 5.40. The van der Waals surface area contributed by atoms with E-state index in [2.05, 4.69) is 10.2 Å². The van der Waals surface area contributed by atoms with Crippen LogP contribution in [0.5, 0.6) is 0 Å². The lowest BCUT2D eigenvalue weighted by atomic mass is 10.0. The molecule has 2 aromatic carbocycles. The van der Waals surface area contributed by atoms with Crippen molar-refractivity contribution in [3.8, 4) is 11.3 Å². The highest BCUT2D eigenvalue weighted by Gasteiger charge is 2.16. The topological polar surface area (TPSA) is 54.5 Å². The summed E-state index contributed by atoms with van der Waals surface area (Å²) in [5.41, 5.74) is 4.04. The summed E-state index contributed by atoms with van der Waals surface area (Å²) < 4.78 is 5.38. The molecule has 30 heavy (non-hydrogen) atoms. The van der Waals surface area contributed by atoms with Crippen molar-refractivity contribution in [3.63, 3.8) is 0 Å². The maximum atomic E-state index is 13.1. The van der Waals surface area contributed by atoms with Crippen LogP contribution in [0.25, 0.3) is 22.2 Å². The lowest BCUT2D eigenvalue weighted by Crippen LogP contribution is -2.38. The van der Waals surface area contributed by atoms with Gasteiger partial charge in [-0.3, -0.25) is 9.69 Å². The minimum Gasteiger partial charge on any atom is -0.379 e. The molecule has 0 saturated carbocycles. The smallest absolute Gasteiger partial charge is 0.252 e. The summed E-state index contributed by atoms with van der Waals surface area (Å²) in [6, 6.07) is 15.4. The van der Waals surface area contributed by atoms with E-state index in [-0.39, 0.29) is 5.91 Å². The molecule has 5 nitrogen and oxygen atoms in total. The fourth-order valence-electron chi connectivity index (χ4n) is 3.76. The van der Waals surface area contributed by atoms with E-state index in [0.717, 1.165) is 61.3 Å². The molecule has 3 aromatic rings. The van der Waals surface area contributed by atoms with Gasteiger partial charge in [0.1, 0.15) is 0 Å². The van der Waals surface area contributed by atoms with Gasteiger partial charge in [-0.1, -0.05) is 41.4 Å². The third-order valence-corrected chi connectivity index (χ3v) is 5.73. The standard InChI is InChI=1S/C24H26ClN3O2/c1-17-7-8-22-19(15-17)20(16-23(27-22)18-5-2-3-6-21(18)25)24(29)26-9-4-10-28-11-13-30-14-12-28/h2-3,5-8,15-16H,4,9-14H2,1H3,(H,26,29). The Hall–Kier alpha value is -2.47. The van der Waals surface area contributed by atoms with Crippen LogP contribution < -0.4 is 5.32 Å². The Morgan fingerprint density at radius 2 is 1.97 bits per heavy atom. The monoisotopic (exact) mass is 423 g/mol. The molecule has 156 valence electrons. The molecule has 0 atom stereocenters. The van der Waals surface area contributed by atoms with Crippen molar-refractivity contribution in [2.45, 2.75) is 13.3 Å². The van der Waals surface area contributed by atoms with Crippen molar-refractivity contribution in [2.75, 3.05) is 39.4 Å². The summed E-state index contributed by atoms with van der Waals surface area (Å²) in [6.45, 7) is 7.12. The van der Waals surface area contributed by atoms with Crippen LogP contribution in [0.4, 0.5) is 0 Å². The van der Waals surface area contributed by atoms with Gasteiger partial charge >= 0.3 is 0 Å². The molecular formula is C24H26ClN3O2. The van der Waals surface area contributed by atoms with Gasteiger partial charge in [-0.2, -0.15) is 0 Å². The number of hydrogen-bond donors (Lipinski definition) is 1. The average molecular weight is 424 g/mol. The van der Waals surface area contributed by atoms with E-state index < -0.39 is 0 Å². The van der Waals surface area contributed by atoms with Crippen molar-refractivity contribution in [2.24, 2.45) is 0 Å². The van der Waals surface area contributed by atoms with E-state index in [0.29, 0.717) is 22.8 Å². The summed E-state index contributed by atoms with van der Waals surface area (Å²) in [6.07, 6.45) is 0.908. The first-order chi connectivity index (χ1) is 14.6. The molecule has 1 saturated heterocycles. The summed E-state index contributed by atoms with van der Waals surface area (Å²) in [5, 5.41) is 4.56. The van der Waals surface area contributed by atoms with E-state index in [9.17, 15) is 4.79 Å². The van der Waals surface area contributed by atoms with Gasteiger partial charge in [0.15, 0.2) is 0 Å². The number of ether oxygens (including phenoxy) is 1. The zero-order valence-electron chi connectivity index (χ0n) is 17.2. The van der Waals surface area contributed by atoms with Gasteiger partial charge < -0.3 is 10.1 Å². The van der Waals surface area contributed by atoms with E-state index >= 15 is 0 Å². The minimum absolute atomic E-state index is 0.0803. The molecular weight excluding hydrogens is 398 g/mol. The second-order valence-electron chi connectivity index (χ2n) is 7.62. The highest BCUT2D eigenvalue weighted by molar-refractivity contribution is 6.33. The molecule has 0 spiro atoms. The zero-order valence-corrected chi connectivity index (χ0v) is 17.9.